The number of nitrogens with one attached hydrogen (secondary N) is 1. The molecule has 5 nitrogen and oxygen atoms in total. The zero-order valence-corrected chi connectivity index (χ0v) is 15.1. The van der Waals surface area contributed by atoms with Crippen molar-refractivity contribution in [1.82, 2.24) is 14.9 Å². The number of amides is 1. The fraction of sp³-hybridized carbons (Fsp3) is 0.222. The molecule has 0 spiro atoms. The number of nitrogens with zero attached hydrogens (tertiary/aromatic N) is 2. The van der Waals surface area contributed by atoms with Gasteiger partial charge in [-0.1, -0.05) is 17.7 Å². The highest BCUT2D eigenvalue weighted by molar-refractivity contribution is 6.32. The number of carbonyl (C=O) groups excluding carboxylic acids is 1. The van der Waals surface area contributed by atoms with E-state index in [1.807, 2.05) is 30.7 Å². The maximum Gasteiger partial charge on any atom is 0.573 e. The van der Waals surface area contributed by atoms with Crippen LogP contribution in [0.5, 0.6) is 5.75 Å². The minimum absolute atomic E-state index is 0.129. The molecule has 2 aromatic carbocycles. The lowest BCUT2D eigenvalue weighted by atomic mass is 10.1. The number of fused-ring (bicyclic) bond motifs is 1. The molecule has 27 heavy (non-hydrogen) atoms. The Kier molecular flexibility index (Phi) is 5.01. The third-order valence-electron chi connectivity index (χ3n) is 4.06. The Bertz CT molecular complexity index is 1010. The van der Waals surface area contributed by atoms with E-state index in [1.165, 1.54) is 6.07 Å². The van der Waals surface area contributed by atoms with Gasteiger partial charge in [0.1, 0.15) is 5.75 Å². The van der Waals surface area contributed by atoms with Crippen molar-refractivity contribution in [3.05, 3.63) is 58.4 Å². The lowest BCUT2D eigenvalue weighted by molar-refractivity contribution is -0.274. The molecule has 0 aliphatic rings. The second kappa shape index (κ2) is 7.11. The number of imidazole rings is 1. The average Bonchev–Trinajstić information content (AvgIpc) is 2.96. The van der Waals surface area contributed by atoms with E-state index in [-0.39, 0.29) is 17.1 Å². The van der Waals surface area contributed by atoms with Crippen LogP contribution in [-0.2, 0) is 13.6 Å². The van der Waals surface area contributed by atoms with Crippen molar-refractivity contribution in [2.75, 3.05) is 0 Å². The van der Waals surface area contributed by atoms with Crippen molar-refractivity contribution < 1.29 is 22.7 Å². The highest BCUT2D eigenvalue weighted by atomic mass is 35.5. The molecule has 0 radical (unpaired) electrons. The third kappa shape index (κ3) is 4.16. The first-order valence-corrected chi connectivity index (χ1v) is 8.26. The van der Waals surface area contributed by atoms with Crippen LogP contribution >= 0.6 is 11.6 Å². The number of alkyl halides is 3. The summed E-state index contributed by atoms with van der Waals surface area (Å²) in [7, 11) is 1.86. The summed E-state index contributed by atoms with van der Waals surface area (Å²) in [5.74, 6) is -1.02. The molecule has 3 rings (SSSR count). The molecule has 1 amide bonds. The van der Waals surface area contributed by atoms with Gasteiger partial charge < -0.3 is 14.6 Å². The van der Waals surface area contributed by atoms with Gasteiger partial charge in [-0.25, -0.2) is 4.98 Å². The van der Waals surface area contributed by atoms with Crippen molar-refractivity contribution >= 4 is 28.5 Å². The molecule has 1 aromatic heterocycles. The van der Waals surface area contributed by atoms with Crippen LogP contribution in [0.1, 0.15) is 21.5 Å². The van der Waals surface area contributed by atoms with Gasteiger partial charge in [0, 0.05) is 24.7 Å². The van der Waals surface area contributed by atoms with Crippen LogP contribution < -0.4 is 10.1 Å². The quantitative estimate of drug-likeness (QED) is 0.711. The Balaban J connectivity index is 1.78. The molecular formula is C18H15ClF3N3O2. The Morgan fingerprint density at radius 3 is 2.70 bits per heavy atom. The fourth-order valence-corrected chi connectivity index (χ4v) is 2.99. The standard InChI is InChI=1S/C18H15ClF3N3O2/c1-10-3-5-14-16(25(2)9-24-14)12(10)8-23-17(26)11-4-6-15(13(19)7-11)27-18(20,21)22/h3-7,9H,8H2,1-2H3,(H,23,26). The van der Waals surface area contributed by atoms with Gasteiger partial charge in [-0.3, -0.25) is 4.79 Å². The van der Waals surface area contributed by atoms with E-state index in [1.54, 1.807) is 6.33 Å². The zero-order chi connectivity index (χ0) is 19.8. The van der Waals surface area contributed by atoms with Crippen LogP contribution in [0.3, 0.4) is 0 Å². The predicted octanol–water partition coefficient (Wildman–Crippen LogP) is 4.36. The topological polar surface area (TPSA) is 56.2 Å². The lowest BCUT2D eigenvalue weighted by Gasteiger charge is -2.13. The summed E-state index contributed by atoms with van der Waals surface area (Å²) in [5, 5.41) is 2.46. The normalized spacial score (nSPS) is 11.6. The van der Waals surface area contributed by atoms with Crippen molar-refractivity contribution in [3.63, 3.8) is 0 Å². The Morgan fingerprint density at radius 1 is 1.30 bits per heavy atom. The molecule has 0 atom stereocenters. The van der Waals surface area contributed by atoms with E-state index in [2.05, 4.69) is 15.0 Å². The fourth-order valence-electron chi connectivity index (χ4n) is 2.77. The van der Waals surface area contributed by atoms with Gasteiger partial charge in [0.25, 0.3) is 5.91 Å². The molecule has 0 aliphatic heterocycles. The number of aromatic nitrogens is 2. The summed E-state index contributed by atoms with van der Waals surface area (Å²) in [6.07, 6.45) is -3.17. The van der Waals surface area contributed by atoms with Crippen LogP contribution in [0.15, 0.2) is 36.7 Å². The van der Waals surface area contributed by atoms with Crippen LogP contribution in [0.4, 0.5) is 13.2 Å². The van der Waals surface area contributed by atoms with Crippen molar-refractivity contribution in [3.8, 4) is 5.75 Å². The maximum atomic E-state index is 12.4. The Hall–Kier alpha value is -2.74. The van der Waals surface area contributed by atoms with Crippen LogP contribution in [-0.4, -0.2) is 21.8 Å². The molecule has 0 unspecified atom stereocenters. The van der Waals surface area contributed by atoms with E-state index in [0.29, 0.717) is 0 Å². The number of carbonyl (C=O) groups is 1. The molecule has 1 heterocycles. The molecular weight excluding hydrogens is 383 g/mol. The van der Waals surface area contributed by atoms with Crippen LogP contribution in [0.2, 0.25) is 5.02 Å². The molecule has 0 fully saturated rings. The minimum Gasteiger partial charge on any atom is -0.404 e. The second-order valence-electron chi connectivity index (χ2n) is 5.96. The van der Waals surface area contributed by atoms with E-state index >= 15 is 0 Å². The highest BCUT2D eigenvalue weighted by Gasteiger charge is 2.32. The Morgan fingerprint density at radius 2 is 2.04 bits per heavy atom. The zero-order valence-electron chi connectivity index (χ0n) is 14.4. The van der Waals surface area contributed by atoms with Crippen molar-refractivity contribution in [2.24, 2.45) is 7.05 Å². The highest BCUT2D eigenvalue weighted by Crippen LogP contribution is 2.30. The molecule has 1 N–H and O–H groups in total. The van der Waals surface area contributed by atoms with Crippen LogP contribution in [0, 0.1) is 6.92 Å². The number of benzene rings is 2. The molecule has 3 aromatic rings. The van der Waals surface area contributed by atoms with Gasteiger partial charge in [0.2, 0.25) is 0 Å². The lowest BCUT2D eigenvalue weighted by Crippen LogP contribution is -2.24. The van der Waals surface area contributed by atoms with Crippen molar-refractivity contribution in [1.29, 1.82) is 0 Å². The first kappa shape index (κ1) is 19.0. The van der Waals surface area contributed by atoms with Gasteiger partial charge >= 0.3 is 6.36 Å². The second-order valence-corrected chi connectivity index (χ2v) is 6.37. The smallest absolute Gasteiger partial charge is 0.404 e. The van der Waals surface area contributed by atoms with E-state index in [9.17, 15) is 18.0 Å². The number of ether oxygens (including phenoxy) is 1. The molecule has 142 valence electrons. The summed E-state index contributed by atoms with van der Waals surface area (Å²) in [5.41, 5.74) is 3.73. The van der Waals surface area contributed by atoms with E-state index < -0.39 is 18.0 Å². The summed E-state index contributed by atoms with van der Waals surface area (Å²) in [6.45, 7) is 2.16. The molecule has 9 heteroatoms. The largest absolute Gasteiger partial charge is 0.573 e. The van der Waals surface area contributed by atoms with Crippen molar-refractivity contribution in [2.45, 2.75) is 19.8 Å². The summed E-state index contributed by atoms with van der Waals surface area (Å²) >= 11 is 5.79. The number of halogens is 4. The summed E-state index contributed by atoms with van der Waals surface area (Å²) in [4.78, 5) is 16.7. The average molecular weight is 398 g/mol. The molecule has 0 aliphatic carbocycles. The van der Waals surface area contributed by atoms with Gasteiger partial charge in [0.15, 0.2) is 0 Å². The number of hydrogen-bond acceptors (Lipinski definition) is 3. The maximum absolute atomic E-state index is 12.4. The first-order valence-electron chi connectivity index (χ1n) is 7.88. The van der Waals surface area contributed by atoms with Gasteiger partial charge in [-0.05, 0) is 36.8 Å². The van der Waals surface area contributed by atoms with Gasteiger partial charge in [-0.2, -0.15) is 0 Å². The van der Waals surface area contributed by atoms with E-state index in [4.69, 9.17) is 11.6 Å². The molecule has 0 saturated heterocycles. The molecule has 0 bridgehead atoms. The Labute approximate surface area is 157 Å². The first-order chi connectivity index (χ1) is 12.7. The summed E-state index contributed by atoms with van der Waals surface area (Å²) in [6, 6.07) is 7.18. The van der Waals surface area contributed by atoms with E-state index in [0.717, 1.165) is 34.3 Å². The molecule has 0 saturated carbocycles. The minimum atomic E-state index is -4.85. The number of hydrogen-bond donors (Lipinski definition) is 1. The number of rotatable bonds is 4. The summed E-state index contributed by atoms with van der Waals surface area (Å²) < 4.78 is 42.5. The third-order valence-corrected chi connectivity index (χ3v) is 4.36. The van der Waals surface area contributed by atoms with Gasteiger partial charge in [0.05, 0.1) is 22.4 Å². The SMILES string of the molecule is Cc1ccc2ncn(C)c2c1CNC(=O)c1ccc(OC(F)(F)F)c(Cl)c1. The predicted molar refractivity (Wildman–Crippen MR) is 94.8 cm³/mol. The number of aryl methyl sites for hydroxylation is 2. The van der Waals surface area contributed by atoms with Crippen LogP contribution in [0.25, 0.3) is 11.0 Å². The van der Waals surface area contributed by atoms with Gasteiger partial charge in [-0.15, -0.1) is 13.2 Å². The monoisotopic (exact) mass is 397 g/mol.